The van der Waals surface area contributed by atoms with Gasteiger partial charge in [0.1, 0.15) is 0 Å². The summed E-state index contributed by atoms with van der Waals surface area (Å²) in [6.45, 7) is 6.90. The van der Waals surface area contributed by atoms with Crippen molar-refractivity contribution in [3.63, 3.8) is 0 Å². The van der Waals surface area contributed by atoms with Crippen LogP contribution in [0.4, 0.5) is 0 Å². The first-order chi connectivity index (χ1) is 5.41. The Labute approximate surface area is 69.1 Å². The summed E-state index contributed by atoms with van der Waals surface area (Å²) in [6, 6.07) is 0. The zero-order valence-electron chi connectivity index (χ0n) is 7.56. The van der Waals surface area contributed by atoms with Gasteiger partial charge in [-0.05, 0) is 13.3 Å². The second-order valence-corrected chi connectivity index (χ2v) is 2.29. The van der Waals surface area contributed by atoms with Crippen LogP contribution in [0.3, 0.4) is 0 Å². The third-order valence-corrected chi connectivity index (χ3v) is 1.25. The summed E-state index contributed by atoms with van der Waals surface area (Å²) in [5.41, 5.74) is 0. The molecule has 0 saturated carbocycles. The number of unbranched alkanes of at least 4 members (excludes halogenated alkanes) is 1. The molecule has 0 heterocycles. The lowest BCUT2D eigenvalue weighted by atomic mass is 10.4. The molecule has 3 nitrogen and oxygen atoms in total. The van der Waals surface area contributed by atoms with E-state index in [1.807, 2.05) is 6.92 Å². The fourth-order valence-corrected chi connectivity index (χ4v) is 0.607. The molecular formula is C8H19NO2. The van der Waals surface area contributed by atoms with E-state index in [1.165, 1.54) is 6.42 Å². The van der Waals surface area contributed by atoms with E-state index < -0.39 is 0 Å². The number of nitrogens with one attached hydrogen (secondary N) is 1. The minimum absolute atomic E-state index is 0.586. The molecule has 0 amide bonds. The Balaban J connectivity index is 2.69. The smallest absolute Gasteiger partial charge is 0.0982 e. The van der Waals surface area contributed by atoms with Crippen molar-refractivity contribution in [1.82, 2.24) is 5.32 Å². The molecule has 3 heteroatoms. The summed E-state index contributed by atoms with van der Waals surface area (Å²) in [5, 5.41) is 3.00. The van der Waals surface area contributed by atoms with Gasteiger partial charge in [0.05, 0.1) is 13.5 Å². The van der Waals surface area contributed by atoms with Crippen molar-refractivity contribution in [2.75, 3.05) is 26.7 Å². The molecule has 0 spiro atoms. The van der Waals surface area contributed by atoms with Crippen LogP contribution in [0.15, 0.2) is 0 Å². The molecular weight excluding hydrogens is 142 g/mol. The molecule has 0 aliphatic heterocycles. The summed E-state index contributed by atoms with van der Waals surface area (Å²) in [5.74, 6) is 0. The van der Waals surface area contributed by atoms with Gasteiger partial charge in [-0.1, -0.05) is 13.3 Å². The lowest BCUT2D eigenvalue weighted by Crippen LogP contribution is -2.21. The standard InChI is InChI=1S/C8H19NO2/c1-3-5-6-11-8-9-7-10-4-2/h9H,3-8H2,1-2H3. The summed E-state index contributed by atoms with van der Waals surface area (Å²) in [4.78, 5) is 0. The van der Waals surface area contributed by atoms with Gasteiger partial charge in [0.2, 0.25) is 0 Å². The van der Waals surface area contributed by atoms with E-state index in [9.17, 15) is 0 Å². The topological polar surface area (TPSA) is 30.5 Å². The maximum Gasteiger partial charge on any atom is 0.0982 e. The molecule has 0 aromatic rings. The molecule has 0 saturated heterocycles. The van der Waals surface area contributed by atoms with Gasteiger partial charge in [-0.2, -0.15) is 0 Å². The van der Waals surface area contributed by atoms with Crippen LogP contribution < -0.4 is 5.32 Å². The normalized spacial score (nSPS) is 10.4. The Morgan fingerprint density at radius 3 is 2.45 bits per heavy atom. The van der Waals surface area contributed by atoms with Crippen LogP contribution in [0, 0.1) is 0 Å². The molecule has 0 atom stereocenters. The first-order valence-electron chi connectivity index (χ1n) is 4.28. The van der Waals surface area contributed by atoms with Crippen LogP contribution in [-0.2, 0) is 9.47 Å². The molecule has 0 aliphatic rings. The molecule has 0 unspecified atom stereocenters. The maximum atomic E-state index is 5.23. The van der Waals surface area contributed by atoms with Crippen molar-refractivity contribution in [1.29, 1.82) is 0 Å². The SMILES string of the molecule is CCCCOCNCOCC. The molecule has 0 radical (unpaired) electrons. The zero-order valence-corrected chi connectivity index (χ0v) is 7.56. The predicted octanol–water partition coefficient (Wildman–Crippen LogP) is 1.34. The number of ether oxygens (including phenoxy) is 2. The van der Waals surface area contributed by atoms with Crippen LogP contribution in [0.2, 0.25) is 0 Å². The highest BCUT2D eigenvalue weighted by Crippen LogP contribution is 1.85. The average molecular weight is 161 g/mol. The van der Waals surface area contributed by atoms with E-state index in [0.717, 1.165) is 19.6 Å². The third kappa shape index (κ3) is 9.88. The fourth-order valence-electron chi connectivity index (χ4n) is 0.607. The van der Waals surface area contributed by atoms with Gasteiger partial charge in [-0.3, -0.25) is 5.32 Å². The van der Waals surface area contributed by atoms with Crippen LogP contribution in [-0.4, -0.2) is 26.7 Å². The number of rotatable bonds is 8. The van der Waals surface area contributed by atoms with Crippen molar-refractivity contribution in [2.24, 2.45) is 0 Å². The van der Waals surface area contributed by atoms with E-state index in [2.05, 4.69) is 12.2 Å². The van der Waals surface area contributed by atoms with Gasteiger partial charge < -0.3 is 9.47 Å². The highest BCUT2D eigenvalue weighted by atomic mass is 16.5. The van der Waals surface area contributed by atoms with Gasteiger partial charge in [-0.15, -0.1) is 0 Å². The predicted molar refractivity (Wildman–Crippen MR) is 45.4 cm³/mol. The minimum atomic E-state index is 0.586. The molecule has 0 aromatic carbocycles. The molecule has 0 aliphatic carbocycles. The summed E-state index contributed by atoms with van der Waals surface area (Å²) in [7, 11) is 0. The molecule has 1 N–H and O–H groups in total. The Bertz CT molecular complexity index is 61.1. The van der Waals surface area contributed by atoms with Gasteiger partial charge in [-0.25, -0.2) is 0 Å². The highest BCUT2D eigenvalue weighted by molar-refractivity contribution is 4.31. The fraction of sp³-hybridized carbons (Fsp3) is 1.00. The van der Waals surface area contributed by atoms with Crippen LogP contribution in [0.1, 0.15) is 26.7 Å². The molecule has 0 rings (SSSR count). The quantitative estimate of drug-likeness (QED) is 0.430. The minimum Gasteiger partial charge on any atom is -0.367 e. The van der Waals surface area contributed by atoms with E-state index in [4.69, 9.17) is 9.47 Å². The molecule has 0 fully saturated rings. The first-order valence-corrected chi connectivity index (χ1v) is 4.28. The van der Waals surface area contributed by atoms with E-state index in [1.54, 1.807) is 0 Å². The Morgan fingerprint density at radius 1 is 1.09 bits per heavy atom. The zero-order chi connectivity index (χ0) is 8.36. The summed E-state index contributed by atoms with van der Waals surface area (Å²) < 4.78 is 10.3. The second kappa shape index (κ2) is 9.88. The monoisotopic (exact) mass is 161 g/mol. The van der Waals surface area contributed by atoms with Gasteiger partial charge >= 0.3 is 0 Å². The highest BCUT2D eigenvalue weighted by Gasteiger charge is 1.85. The van der Waals surface area contributed by atoms with Gasteiger partial charge in [0.25, 0.3) is 0 Å². The van der Waals surface area contributed by atoms with Gasteiger partial charge in [0, 0.05) is 13.2 Å². The lowest BCUT2D eigenvalue weighted by Gasteiger charge is -2.04. The average Bonchev–Trinajstić information content (AvgIpc) is 2.03. The Kier molecular flexibility index (Phi) is 9.77. The summed E-state index contributed by atoms with van der Waals surface area (Å²) >= 11 is 0. The van der Waals surface area contributed by atoms with Crippen LogP contribution in [0.25, 0.3) is 0 Å². The number of hydrogen-bond acceptors (Lipinski definition) is 3. The summed E-state index contributed by atoms with van der Waals surface area (Å²) in [6.07, 6.45) is 2.32. The van der Waals surface area contributed by atoms with E-state index in [-0.39, 0.29) is 0 Å². The van der Waals surface area contributed by atoms with Crippen molar-refractivity contribution in [3.05, 3.63) is 0 Å². The van der Waals surface area contributed by atoms with Crippen molar-refractivity contribution < 1.29 is 9.47 Å². The van der Waals surface area contributed by atoms with Crippen LogP contribution >= 0.6 is 0 Å². The molecule has 0 bridgehead atoms. The Morgan fingerprint density at radius 2 is 1.82 bits per heavy atom. The lowest BCUT2D eigenvalue weighted by molar-refractivity contribution is 0.0630. The largest absolute Gasteiger partial charge is 0.367 e. The van der Waals surface area contributed by atoms with Crippen LogP contribution in [0.5, 0.6) is 0 Å². The van der Waals surface area contributed by atoms with Crippen molar-refractivity contribution in [2.45, 2.75) is 26.7 Å². The van der Waals surface area contributed by atoms with Crippen molar-refractivity contribution >= 4 is 0 Å². The molecule has 68 valence electrons. The van der Waals surface area contributed by atoms with Gasteiger partial charge in [0.15, 0.2) is 0 Å². The van der Waals surface area contributed by atoms with E-state index in [0.29, 0.717) is 13.5 Å². The first kappa shape index (κ1) is 10.9. The second-order valence-electron chi connectivity index (χ2n) is 2.29. The van der Waals surface area contributed by atoms with Crippen molar-refractivity contribution in [3.8, 4) is 0 Å². The number of hydrogen-bond donors (Lipinski definition) is 1. The third-order valence-electron chi connectivity index (χ3n) is 1.25. The maximum absolute atomic E-state index is 5.23. The molecule has 11 heavy (non-hydrogen) atoms. The Hall–Kier alpha value is -0.120. The van der Waals surface area contributed by atoms with E-state index >= 15 is 0 Å². The molecule has 0 aromatic heterocycles.